The molecule has 0 aliphatic carbocycles. The van der Waals surface area contributed by atoms with Crippen LogP contribution < -0.4 is 0 Å². The van der Waals surface area contributed by atoms with E-state index >= 15 is 0 Å². The van der Waals surface area contributed by atoms with Crippen LogP contribution >= 0.6 is 22.9 Å². The van der Waals surface area contributed by atoms with Gasteiger partial charge in [-0.1, -0.05) is 17.7 Å². The largest absolute Gasteiger partial charge is 0.481 e. The molecule has 0 fully saturated rings. The second-order valence-corrected chi connectivity index (χ2v) is 9.04. The molecule has 0 bridgehead atoms. The summed E-state index contributed by atoms with van der Waals surface area (Å²) in [6, 6.07) is 13.3. The summed E-state index contributed by atoms with van der Waals surface area (Å²) >= 11 is 7.47. The van der Waals surface area contributed by atoms with E-state index in [2.05, 4.69) is 0 Å². The summed E-state index contributed by atoms with van der Waals surface area (Å²) in [7, 11) is 0. The Morgan fingerprint density at radius 2 is 1.97 bits per heavy atom. The fraction of sp³-hybridized carbons (Fsp3) is 0.167. The third-order valence-electron chi connectivity index (χ3n) is 5.80. The zero-order chi connectivity index (χ0) is 21.7. The maximum atomic E-state index is 14.6. The van der Waals surface area contributed by atoms with E-state index in [1.807, 2.05) is 22.1 Å². The molecule has 2 aromatic heterocycles. The lowest BCUT2D eigenvalue weighted by molar-refractivity contribution is -0.137. The van der Waals surface area contributed by atoms with Crippen molar-refractivity contribution in [2.45, 2.75) is 25.3 Å². The molecule has 1 aliphatic heterocycles. The van der Waals surface area contributed by atoms with Gasteiger partial charge in [-0.2, -0.15) is 0 Å². The molecule has 1 aliphatic rings. The normalized spacial score (nSPS) is 15.4. The van der Waals surface area contributed by atoms with Gasteiger partial charge in [-0.15, -0.1) is 11.3 Å². The van der Waals surface area contributed by atoms with Gasteiger partial charge in [0.25, 0.3) is 0 Å². The summed E-state index contributed by atoms with van der Waals surface area (Å²) in [6.07, 6.45) is 0.525. The maximum Gasteiger partial charge on any atom is 0.304 e. The number of benzene rings is 2. The molecule has 4 nitrogen and oxygen atoms in total. The van der Waals surface area contributed by atoms with Crippen LogP contribution in [0.2, 0.25) is 5.02 Å². The van der Waals surface area contributed by atoms with E-state index in [0.29, 0.717) is 51.3 Å². The van der Waals surface area contributed by atoms with Gasteiger partial charge < -0.3 is 9.67 Å². The van der Waals surface area contributed by atoms with Gasteiger partial charge in [0.2, 0.25) is 0 Å². The highest BCUT2D eigenvalue weighted by atomic mass is 35.5. The minimum absolute atomic E-state index is 0.0754. The number of aryl methyl sites for hydroxylation is 1. The zero-order valence-corrected chi connectivity index (χ0v) is 17.8. The highest BCUT2D eigenvalue weighted by Crippen LogP contribution is 2.45. The molecule has 31 heavy (non-hydrogen) atoms. The Morgan fingerprint density at radius 3 is 2.65 bits per heavy atom. The number of aromatic nitrogens is 1. The number of rotatable bonds is 5. The van der Waals surface area contributed by atoms with Gasteiger partial charge in [0, 0.05) is 44.6 Å². The Bertz CT molecular complexity index is 1330. The Kier molecular flexibility index (Phi) is 4.91. The van der Waals surface area contributed by atoms with Gasteiger partial charge in [0.05, 0.1) is 17.5 Å². The number of carbonyl (C=O) groups is 2. The average molecular weight is 454 g/mol. The molecule has 0 saturated heterocycles. The molecule has 1 unspecified atom stereocenters. The van der Waals surface area contributed by atoms with Crippen molar-refractivity contribution in [2.75, 3.05) is 0 Å². The first-order chi connectivity index (χ1) is 14.9. The van der Waals surface area contributed by atoms with E-state index in [4.69, 9.17) is 11.6 Å². The SMILES string of the molecule is O=C(O)CC1CCn2c1c(C(=O)c1ccc(Cl)cc1)c1c(-c3cccs3)cc(F)cc12. The Labute approximate surface area is 186 Å². The van der Waals surface area contributed by atoms with Gasteiger partial charge in [-0.25, -0.2) is 4.39 Å². The Balaban J connectivity index is 1.84. The van der Waals surface area contributed by atoms with Crippen LogP contribution in [0.3, 0.4) is 0 Å². The predicted molar refractivity (Wildman–Crippen MR) is 120 cm³/mol. The molecule has 156 valence electrons. The van der Waals surface area contributed by atoms with Crippen molar-refractivity contribution in [1.29, 1.82) is 0 Å². The third kappa shape index (κ3) is 3.36. The van der Waals surface area contributed by atoms with E-state index in [1.54, 1.807) is 24.3 Å². The standard InChI is InChI=1S/C24H17ClFNO3S/c25-15-5-3-13(4-6-15)24(30)22-21-17(19-2-1-9-31-19)11-16(26)12-18(21)27-8-7-14(23(22)27)10-20(28)29/h1-6,9,11-12,14H,7-8,10H2,(H,28,29). The molecule has 0 spiro atoms. The number of halogens is 2. The number of aliphatic carboxylic acids is 1. The molecule has 2 aromatic carbocycles. The number of ketones is 1. The van der Waals surface area contributed by atoms with E-state index in [9.17, 15) is 19.1 Å². The molecule has 3 heterocycles. The van der Waals surface area contributed by atoms with Crippen molar-refractivity contribution in [3.8, 4) is 10.4 Å². The van der Waals surface area contributed by atoms with Gasteiger partial charge in [-0.3, -0.25) is 9.59 Å². The van der Waals surface area contributed by atoms with Crippen LogP contribution in [0.1, 0.15) is 40.4 Å². The van der Waals surface area contributed by atoms with Crippen molar-refractivity contribution in [1.82, 2.24) is 4.57 Å². The summed E-state index contributed by atoms with van der Waals surface area (Å²) in [6.45, 7) is 0.547. The molecule has 1 N–H and O–H groups in total. The summed E-state index contributed by atoms with van der Waals surface area (Å²) in [4.78, 5) is 26.1. The van der Waals surface area contributed by atoms with Crippen molar-refractivity contribution >= 4 is 45.6 Å². The summed E-state index contributed by atoms with van der Waals surface area (Å²) in [5.74, 6) is -1.82. The molecule has 4 aromatic rings. The van der Waals surface area contributed by atoms with Crippen molar-refractivity contribution in [3.63, 3.8) is 0 Å². The minimum Gasteiger partial charge on any atom is -0.481 e. The molecule has 0 radical (unpaired) electrons. The minimum atomic E-state index is -0.918. The van der Waals surface area contributed by atoms with Crippen LogP contribution in [0, 0.1) is 5.82 Å². The number of thiophene rings is 1. The first-order valence-corrected chi connectivity index (χ1v) is 11.1. The van der Waals surface area contributed by atoms with Crippen LogP contribution in [0.5, 0.6) is 0 Å². The van der Waals surface area contributed by atoms with E-state index in [1.165, 1.54) is 23.5 Å². The molecule has 7 heteroatoms. The van der Waals surface area contributed by atoms with Crippen molar-refractivity contribution in [2.24, 2.45) is 0 Å². The number of carbonyl (C=O) groups excluding carboxylic acids is 1. The number of hydrogen-bond acceptors (Lipinski definition) is 3. The Morgan fingerprint density at radius 1 is 1.19 bits per heavy atom. The number of nitrogens with zero attached hydrogens (tertiary/aromatic N) is 1. The van der Waals surface area contributed by atoms with E-state index < -0.39 is 5.97 Å². The molecular formula is C24H17ClFNO3S. The number of fused-ring (bicyclic) bond motifs is 3. The fourth-order valence-corrected chi connectivity index (χ4v) is 5.43. The second-order valence-electron chi connectivity index (χ2n) is 7.66. The van der Waals surface area contributed by atoms with Crippen LogP contribution in [0.15, 0.2) is 53.9 Å². The molecular weight excluding hydrogens is 437 g/mol. The number of hydrogen-bond donors (Lipinski definition) is 1. The van der Waals surface area contributed by atoms with Crippen molar-refractivity contribution < 1.29 is 19.1 Å². The second kappa shape index (κ2) is 7.62. The van der Waals surface area contributed by atoms with Gasteiger partial charge in [0.15, 0.2) is 5.78 Å². The number of carboxylic acids is 1. The monoisotopic (exact) mass is 453 g/mol. The summed E-state index contributed by atoms with van der Waals surface area (Å²) in [5, 5.41) is 12.5. The number of carboxylic acid groups (broad SMARTS) is 1. The lowest BCUT2D eigenvalue weighted by Gasteiger charge is -2.11. The van der Waals surface area contributed by atoms with Gasteiger partial charge in [0.1, 0.15) is 5.82 Å². The zero-order valence-electron chi connectivity index (χ0n) is 16.3. The Hall–Kier alpha value is -2.96. The maximum absolute atomic E-state index is 14.6. The third-order valence-corrected chi connectivity index (χ3v) is 6.95. The summed E-state index contributed by atoms with van der Waals surface area (Å²) < 4.78 is 16.6. The lowest BCUT2D eigenvalue weighted by Crippen LogP contribution is -2.10. The molecule has 0 amide bonds. The van der Waals surface area contributed by atoms with Crippen LogP contribution in [0.25, 0.3) is 21.3 Å². The van der Waals surface area contributed by atoms with Gasteiger partial charge in [-0.05, 0) is 54.3 Å². The predicted octanol–water partition coefficient (Wildman–Crippen LogP) is 6.36. The van der Waals surface area contributed by atoms with E-state index in [0.717, 1.165) is 4.88 Å². The van der Waals surface area contributed by atoms with Crippen molar-refractivity contribution in [3.05, 3.63) is 81.6 Å². The highest BCUT2D eigenvalue weighted by Gasteiger charge is 2.35. The average Bonchev–Trinajstić information content (AvgIpc) is 3.45. The quantitative estimate of drug-likeness (QED) is 0.358. The smallest absolute Gasteiger partial charge is 0.304 e. The van der Waals surface area contributed by atoms with Crippen LogP contribution in [-0.2, 0) is 11.3 Å². The molecule has 1 atom stereocenters. The lowest BCUT2D eigenvalue weighted by atomic mass is 9.90. The van der Waals surface area contributed by atoms with Crippen LogP contribution in [-0.4, -0.2) is 21.4 Å². The topological polar surface area (TPSA) is 59.3 Å². The van der Waals surface area contributed by atoms with Gasteiger partial charge >= 0.3 is 5.97 Å². The van der Waals surface area contributed by atoms with E-state index in [-0.39, 0.29) is 23.9 Å². The van der Waals surface area contributed by atoms with Crippen LogP contribution in [0.4, 0.5) is 4.39 Å². The first-order valence-electron chi connectivity index (χ1n) is 9.85. The molecule has 0 saturated carbocycles. The summed E-state index contributed by atoms with van der Waals surface area (Å²) in [5.41, 5.74) is 2.88. The fourth-order valence-electron chi connectivity index (χ4n) is 4.56. The highest BCUT2D eigenvalue weighted by molar-refractivity contribution is 7.13. The first kappa shape index (κ1) is 20.0. The molecule has 5 rings (SSSR count).